The van der Waals surface area contributed by atoms with Crippen molar-refractivity contribution in [3.8, 4) is 0 Å². The van der Waals surface area contributed by atoms with Crippen LogP contribution in [0.2, 0.25) is 0 Å². The average Bonchev–Trinajstić information content (AvgIpc) is 2.03. The van der Waals surface area contributed by atoms with Crippen molar-refractivity contribution >= 4 is 24.5 Å². The second kappa shape index (κ2) is 9.63. The number of aromatic nitrogens is 2. The fourth-order valence-electron chi connectivity index (χ4n) is 0.253. The van der Waals surface area contributed by atoms with Gasteiger partial charge in [-0.25, -0.2) is 9.97 Å². The zero-order chi connectivity index (χ0) is 12.3. The van der Waals surface area contributed by atoms with E-state index in [1.165, 1.54) is 6.33 Å². The van der Waals surface area contributed by atoms with Crippen LogP contribution in [0, 0.1) is 0 Å². The Labute approximate surface area is 91.3 Å². The van der Waals surface area contributed by atoms with E-state index in [-0.39, 0.29) is 0 Å². The van der Waals surface area contributed by atoms with Gasteiger partial charge in [-0.2, -0.15) is 0 Å². The van der Waals surface area contributed by atoms with Crippen molar-refractivity contribution in [2.75, 3.05) is 0 Å². The third-order valence-electron chi connectivity index (χ3n) is 0.478. The Morgan fingerprint density at radius 1 is 1.27 bits per heavy atom. The molecule has 0 radical (unpaired) electrons. The van der Waals surface area contributed by atoms with Gasteiger partial charge in [0.05, 0.1) is 0 Å². The molecular weight excluding hydrogens is 243 g/mol. The van der Waals surface area contributed by atoms with Crippen LogP contribution in [0.3, 0.4) is 0 Å². The van der Waals surface area contributed by atoms with Crippen molar-refractivity contribution < 1.29 is 24.6 Å². The highest BCUT2D eigenvalue weighted by Crippen LogP contribution is 2.26. The van der Waals surface area contributed by atoms with Gasteiger partial charge >= 0.3 is 6.72 Å². The van der Waals surface area contributed by atoms with E-state index in [1.54, 1.807) is 18.5 Å². The Morgan fingerprint density at radius 3 is 1.60 bits per heavy atom. The van der Waals surface area contributed by atoms with Crippen molar-refractivity contribution in [3.63, 3.8) is 0 Å². The molecule has 0 fully saturated rings. The molecule has 0 amide bonds. The highest BCUT2D eigenvalue weighted by atomic mass is 32.5. The van der Waals surface area contributed by atoms with E-state index in [1.807, 2.05) is 0 Å². The van der Waals surface area contributed by atoms with Crippen molar-refractivity contribution in [3.05, 3.63) is 24.8 Å². The minimum atomic E-state index is -3.81. The normalized spacial score (nSPS) is 8.80. The summed E-state index contributed by atoms with van der Waals surface area (Å²) in [6.07, 6.45) is 4.88. The lowest BCUT2D eigenvalue weighted by Crippen LogP contribution is -1.78. The molecule has 0 saturated carbocycles. The molecule has 0 spiro atoms. The summed E-state index contributed by atoms with van der Waals surface area (Å²) in [4.78, 5) is 39.0. The van der Waals surface area contributed by atoms with Gasteiger partial charge < -0.3 is 19.8 Å². The van der Waals surface area contributed by atoms with Crippen LogP contribution in [0.4, 0.5) is 0 Å². The standard InChI is InChI=1S/C4H4N2.C2H4O2.H3O3PS/c1-2-5-4-6-3-1;1-2(3)4;1-4(2,3)5/h1-4H;1H3,(H,3,4);(H3,1,2,3,5). The first-order valence-corrected chi connectivity index (χ1v) is 6.07. The van der Waals surface area contributed by atoms with Crippen LogP contribution in [-0.4, -0.2) is 35.7 Å². The topological polar surface area (TPSA) is 124 Å². The summed E-state index contributed by atoms with van der Waals surface area (Å²) in [5, 5.41) is 7.42. The second-order valence-corrected chi connectivity index (χ2v) is 4.43. The number of rotatable bonds is 0. The van der Waals surface area contributed by atoms with Crippen LogP contribution in [0.5, 0.6) is 0 Å². The van der Waals surface area contributed by atoms with Crippen molar-refractivity contribution in [1.29, 1.82) is 0 Å². The highest BCUT2D eigenvalue weighted by Gasteiger charge is 1.92. The number of carboxylic acid groups (broad SMARTS) is 1. The predicted octanol–water partition coefficient (Wildman–Crippen LogP) is -0.245. The van der Waals surface area contributed by atoms with E-state index in [4.69, 9.17) is 24.6 Å². The molecule has 0 aliphatic carbocycles. The molecular formula is C6H11N2O5PS. The molecule has 0 atom stereocenters. The Morgan fingerprint density at radius 2 is 1.53 bits per heavy atom. The number of carboxylic acids is 1. The highest BCUT2D eigenvalue weighted by molar-refractivity contribution is 8.06. The van der Waals surface area contributed by atoms with Crippen molar-refractivity contribution in [2.24, 2.45) is 0 Å². The van der Waals surface area contributed by atoms with Gasteiger partial charge in [0.2, 0.25) is 0 Å². The molecule has 0 saturated heterocycles. The first-order valence-electron chi connectivity index (χ1n) is 3.41. The number of nitrogens with zero attached hydrogens (tertiary/aromatic N) is 2. The lowest BCUT2D eigenvalue weighted by atomic mass is 10.7. The quantitative estimate of drug-likeness (QED) is 0.467. The van der Waals surface area contributed by atoms with Crippen molar-refractivity contribution in [2.45, 2.75) is 6.92 Å². The molecule has 0 bridgehead atoms. The molecule has 1 aromatic rings. The van der Waals surface area contributed by atoms with Gasteiger partial charge in [0.15, 0.2) is 0 Å². The zero-order valence-corrected chi connectivity index (χ0v) is 9.47. The predicted molar refractivity (Wildman–Crippen MR) is 56.3 cm³/mol. The molecule has 4 N–H and O–H groups in total. The number of hydrogen-bond acceptors (Lipinski definition) is 4. The fraction of sp³-hybridized carbons (Fsp3) is 0.167. The first kappa shape index (κ1) is 16.5. The summed E-state index contributed by atoms with van der Waals surface area (Å²) in [7, 11) is 0. The van der Waals surface area contributed by atoms with Gasteiger partial charge in [-0.15, -0.1) is 0 Å². The van der Waals surface area contributed by atoms with E-state index in [9.17, 15) is 0 Å². The molecule has 1 aromatic heterocycles. The second-order valence-electron chi connectivity index (χ2n) is 1.94. The summed E-state index contributed by atoms with van der Waals surface area (Å²) < 4.78 is 0. The third-order valence-corrected chi connectivity index (χ3v) is 0.478. The number of hydrogen-bond donors (Lipinski definition) is 4. The van der Waals surface area contributed by atoms with Gasteiger partial charge in [-0.05, 0) is 17.9 Å². The molecule has 1 heterocycles. The van der Waals surface area contributed by atoms with Crippen LogP contribution in [-0.2, 0) is 16.6 Å². The van der Waals surface area contributed by atoms with Crippen LogP contribution in [0.15, 0.2) is 24.8 Å². The zero-order valence-electron chi connectivity index (χ0n) is 7.76. The molecule has 0 aliphatic heterocycles. The molecule has 0 aromatic carbocycles. The summed E-state index contributed by atoms with van der Waals surface area (Å²) >= 11 is 3.60. The fourth-order valence-corrected chi connectivity index (χ4v) is 0.253. The van der Waals surface area contributed by atoms with Crippen LogP contribution in [0.1, 0.15) is 6.92 Å². The minimum absolute atomic E-state index is 0.833. The van der Waals surface area contributed by atoms with Crippen LogP contribution in [0.25, 0.3) is 0 Å². The Kier molecular flexibility index (Phi) is 10.6. The monoisotopic (exact) mass is 254 g/mol. The maximum Gasteiger partial charge on any atom is 0.319 e. The van der Waals surface area contributed by atoms with E-state index in [0.29, 0.717) is 0 Å². The van der Waals surface area contributed by atoms with Gasteiger partial charge in [-0.1, -0.05) is 0 Å². The van der Waals surface area contributed by atoms with Gasteiger partial charge in [0, 0.05) is 19.3 Å². The lowest BCUT2D eigenvalue weighted by Gasteiger charge is -1.88. The molecule has 15 heavy (non-hydrogen) atoms. The molecule has 0 aliphatic rings. The maximum atomic E-state index is 9.00. The van der Waals surface area contributed by atoms with Gasteiger partial charge in [0.1, 0.15) is 6.33 Å². The molecule has 9 heteroatoms. The number of carbonyl (C=O) groups is 1. The van der Waals surface area contributed by atoms with E-state index in [0.717, 1.165) is 6.92 Å². The van der Waals surface area contributed by atoms with Crippen LogP contribution >= 0.6 is 6.72 Å². The summed E-state index contributed by atoms with van der Waals surface area (Å²) in [5.74, 6) is -0.833. The third kappa shape index (κ3) is 62.2. The molecule has 1 rings (SSSR count). The largest absolute Gasteiger partial charge is 0.481 e. The summed E-state index contributed by atoms with van der Waals surface area (Å²) in [5.41, 5.74) is 0. The number of aliphatic carboxylic acids is 1. The maximum absolute atomic E-state index is 9.00. The summed E-state index contributed by atoms with van der Waals surface area (Å²) in [6, 6.07) is 1.78. The summed E-state index contributed by atoms with van der Waals surface area (Å²) in [6.45, 7) is -2.72. The molecule has 7 nitrogen and oxygen atoms in total. The van der Waals surface area contributed by atoms with E-state index in [2.05, 4.69) is 21.8 Å². The molecule has 86 valence electrons. The first-order chi connectivity index (χ1) is 6.73. The Bertz CT molecular complexity index is 265. The van der Waals surface area contributed by atoms with Gasteiger partial charge in [0.25, 0.3) is 5.97 Å². The van der Waals surface area contributed by atoms with E-state index < -0.39 is 12.7 Å². The van der Waals surface area contributed by atoms with Crippen molar-refractivity contribution in [1.82, 2.24) is 9.97 Å². The Balaban J connectivity index is 0. The molecule has 0 unspecified atom stereocenters. The SMILES string of the molecule is CC(=O)O.OP(O)(O)=S.c1cncnc1. The minimum Gasteiger partial charge on any atom is -0.481 e. The smallest absolute Gasteiger partial charge is 0.319 e. The Hall–Kier alpha value is -0.920. The van der Waals surface area contributed by atoms with E-state index >= 15 is 0 Å². The lowest BCUT2D eigenvalue weighted by molar-refractivity contribution is -0.134. The van der Waals surface area contributed by atoms with Crippen LogP contribution < -0.4 is 0 Å². The van der Waals surface area contributed by atoms with Gasteiger partial charge in [-0.3, -0.25) is 4.79 Å². The average molecular weight is 254 g/mol.